The fourth-order valence-electron chi connectivity index (χ4n) is 1.65. The van der Waals surface area contributed by atoms with Gasteiger partial charge >= 0.3 is 0 Å². The first-order valence-corrected chi connectivity index (χ1v) is 7.27. The third kappa shape index (κ3) is 4.08. The molecule has 102 valence electrons. The van der Waals surface area contributed by atoms with Crippen LogP contribution in [0.15, 0.2) is 17.6 Å². The highest BCUT2D eigenvalue weighted by Gasteiger charge is 2.17. The van der Waals surface area contributed by atoms with E-state index in [1.54, 1.807) is 17.5 Å². The van der Waals surface area contributed by atoms with E-state index in [1.165, 1.54) is 5.01 Å². The Labute approximate surface area is 118 Å². The van der Waals surface area contributed by atoms with Gasteiger partial charge in [-0.15, -0.1) is 11.3 Å². The van der Waals surface area contributed by atoms with Gasteiger partial charge in [0.1, 0.15) is 5.82 Å². The Bertz CT molecular complexity index is 542. The molecular formula is C14H20N4S. The molecule has 19 heavy (non-hydrogen) atoms. The van der Waals surface area contributed by atoms with Gasteiger partial charge in [-0.25, -0.2) is 15.0 Å². The predicted octanol–water partition coefficient (Wildman–Crippen LogP) is 2.83. The van der Waals surface area contributed by atoms with Crippen LogP contribution < -0.4 is 5.32 Å². The van der Waals surface area contributed by atoms with E-state index < -0.39 is 0 Å². The van der Waals surface area contributed by atoms with Gasteiger partial charge in [0.15, 0.2) is 0 Å². The zero-order valence-corrected chi connectivity index (χ0v) is 12.7. The molecule has 0 bridgehead atoms. The van der Waals surface area contributed by atoms with Crippen molar-refractivity contribution in [2.75, 3.05) is 0 Å². The zero-order valence-electron chi connectivity index (χ0n) is 11.9. The van der Waals surface area contributed by atoms with Crippen LogP contribution in [0.5, 0.6) is 0 Å². The van der Waals surface area contributed by atoms with Gasteiger partial charge in [-0.05, 0) is 13.0 Å². The Morgan fingerprint density at radius 2 is 1.89 bits per heavy atom. The maximum absolute atomic E-state index is 4.65. The van der Waals surface area contributed by atoms with Crippen molar-refractivity contribution in [3.05, 3.63) is 39.9 Å². The molecule has 2 aromatic heterocycles. The molecule has 0 fully saturated rings. The molecule has 5 heteroatoms. The third-order valence-corrected chi connectivity index (χ3v) is 3.96. The van der Waals surface area contributed by atoms with Crippen molar-refractivity contribution in [2.45, 2.75) is 46.2 Å². The van der Waals surface area contributed by atoms with Crippen LogP contribution in [0.3, 0.4) is 0 Å². The van der Waals surface area contributed by atoms with Crippen LogP contribution in [-0.4, -0.2) is 15.0 Å². The molecule has 0 aliphatic carbocycles. The van der Waals surface area contributed by atoms with Gasteiger partial charge in [-0.1, -0.05) is 20.8 Å². The van der Waals surface area contributed by atoms with E-state index in [1.807, 2.05) is 13.0 Å². The van der Waals surface area contributed by atoms with Crippen molar-refractivity contribution in [3.8, 4) is 0 Å². The number of thiazole rings is 1. The minimum absolute atomic E-state index is 0.132. The van der Waals surface area contributed by atoms with Gasteiger partial charge in [-0.3, -0.25) is 0 Å². The smallest absolute Gasteiger partial charge is 0.125 e. The summed E-state index contributed by atoms with van der Waals surface area (Å²) in [6.45, 7) is 9.98. The van der Waals surface area contributed by atoms with Gasteiger partial charge in [0.05, 0.1) is 16.4 Å². The van der Waals surface area contributed by atoms with Crippen LogP contribution in [0.25, 0.3) is 0 Å². The Morgan fingerprint density at radius 3 is 2.53 bits per heavy atom. The lowest BCUT2D eigenvalue weighted by atomic mass is 9.98. The lowest BCUT2D eigenvalue weighted by molar-refractivity contribution is 0.579. The Kier molecular flexibility index (Phi) is 4.27. The average Bonchev–Trinajstić information content (AvgIpc) is 2.77. The number of hydrogen-bond acceptors (Lipinski definition) is 5. The first-order chi connectivity index (χ1) is 8.95. The van der Waals surface area contributed by atoms with E-state index >= 15 is 0 Å². The van der Waals surface area contributed by atoms with Gasteiger partial charge in [0, 0.05) is 30.1 Å². The minimum Gasteiger partial charge on any atom is -0.305 e. The molecule has 0 saturated heterocycles. The Morgan fingerprint density at radius 1 is 1.16 bits per heavy atom. The fourth-order valence-corrected chi connectivity index (χ4v) is 2.56. The standard InChI is InChI=1S/C14H20N4S/c1-10-16-6-5-11(17-10)7-15-8-12-9-19-13(18-12)14(2,3)4/h5-6,9,15H,7-8H2,1-4H3. The molecule has 0 aliphatic heterocycles. The summed E-state index contributed by atoms with van der Waals surface area (Å²) >= 11 is 1.73. The van der Waals surface area contributed by atoms with Gasteiger partial charge < -0.3 is 5.32 Å². The average molecular weight is 276 g/mol. The predicted molar refractivity (Wildman–Crippen MR) is 78.1 cm³/mol. The summed E-state index contributed by atoms with van der Waals surface area (Å²) in [4.78, 5) is 13.1. The van der Waals surface area contributed by atoms with Crippen LogP contribution in [0.1, 0.15) is 43.0 Å². The normalized spacial score (nSPS) is 11.8. The first kappa shape index (κ1) is 14.1. The Balaban J connectivity index is 1.88. The monoisotopic (exact) mass is 276 g/mol. The molecule has 2 rings (SSSR count). The van der Waals surface area contributed by atoms with Crippen molar-refractivity contribution < 1.29 is 0 Å². The first-order valence-electron chi connectivity index (χ1n) is 6.39. The van der Waals surface area contributed by atoms with Crippen molar-refractivity contribution in [3.63, 3.8) is 0 Å². The SMILES string of the molecule is Cc1nccc(CNCc2csc(C(C)(C)C)n2)n1. The van der Waals surface area contributed by atoms with Crippen LogP contribution in [0, 0.1) is 6.92 Å². The van der Waals surface area contributed by atoms with Gasteiger partial charge in [0.2, 0.25) is 0 Å². The molecule has 1 N–H and O–H groups in total. The summed E-state index contributed by atoms with van der Waals surface area (Å²) < 4.78 is 0. The maximum atomic E-state index is 4.65. The van der Waals surface area contributed by atoms with E-state index in [0.29, 0.717) is 0 Å². The molecule has 0 radical (unpaired) electrons. The molecular weight excluding hydrogens is 256 g/mol. The summed E-state index contributed by atoms with van der Waals surface area (Å²) in [6.07, 6.45) is 1.79. The zero-order chi connectivity index (χ0) is 13.9. The number of nitrogens with one attached hydrogen (secondary N) is 1. The van der Waals surface area contributed by atoms with Crippen LogP contribution >= 0.6 is 11.3 Å². The molecule has 0 spiro atoms. The number of nitrogens with zero attached hydrogens (tertiary/aromatic N) is 3. The lowest BCUT2D eigenvalue weighted by Gasteiger charge is -2.13. The fraction of sp³-hybridized carbons (Fsp3) is 0.500. The number of hydrogen-bond donors (Lipinski definition) is 1. The molecule has 2 aromatic rings. The summed E-state index contributed by atoms with van der Waals surface area (Å²) in [5, 5.41) is 6.67. The minimum atomic E-state index is 0.132. The van der Waals surface area contributed by atoms with Crippen LogP contribution in [0.4, 0.5) is 0 Å². The summed E-state index contributed by atoms with van der Waals surface area (Å²) in [6, 6.07) is 1.93. The second-order valence-electron chi connectivity index (χ2n) is 5.59. The Hall–Kier alpha value is -1.33. The van der Waals surface area contributed by atoms with Crippen molar-refractivity contribution in [1.29, 1.82) is 0 Å². The van der Waals surface area contributed by atoms with E-state index in [9.17, 15) is 0 Å². The van der Waals surface area contributed by atoms with E-state index in [4.69, 9.17) is 0 Å². The quantitative estimate of drug-likeness (QED) is 0.933. The molecule has 0 atom stereocenters. The maximum Gasteiger partial charge on any atom is 0.125 e. The molecule has 4 nitrogen and oxygen atoms in total. The lowest BCUT2D eigenvalue weighted by Crippen LogP contribution is -2.15. The molecule has 0 unspecified atom stereocenters. The highest BCUT2D eigenvalue weighted by molar-refractivity contribution is 7.09. The van der Waals surface area contributed by atoms with E-state index in [0.717, 1.165) is 30.3 Å². The summed E-state index contributed by atoms with van der Waals surface area (Å²) in [7, 11) is 0. The second-order valence-corrected chi connectivity index (χ2v) is 6.45. The molecule has 0 aliphatic rings. The van der Waals surface area contributed by atoms with Crippen molar-refractivity contribution >= 4 is 11.3 Å². The molecule has 0 aromatic carbocycles. The topological polar surface area (TPSA) is 50.7 Å². The highest BCUT2D eigenvalue weighted by atomic mass is 32.1. The summed E-state index contributed by atoms with van der Waals surface area (Å²) in [5.74, 6) is 0.808. The molecule has 0 saturated carbocycles. The molecule has 0 amide bonds. The van der Waals surface area contributed by atoms with Gasteiger partial charge in [-0.2, -0.15) is 0 Å². The van der Waals surface area contributed by atoms with Crippen LogP contribution in [0.2, 0.25) is 0 Å². The van der Waals surface area contributed by atoms with Gasteiger partial charge in [0.25, 0.3) is 0 Å². The van der Waals surface area contributed by atoms with Crippen molar-refractivity contribution in [1.82, 2.24) is 20.3 Å². The summed E-state index contributed by atoms with van der Waals surface area (Å²) in [5.41, 5.74) is 2.24. The third-order valence-electron chi connectivity index (χ3n) is 2.64. The van der Waals surface area contributed by atoms with Crippen LogP contribution in [-0.2, 0) is 18.5 Å². The number of rotatable bonds is 4. The van der Waals surface area contributed by atoms with Crippen molar-refractivity contribution in [2.24, 2.45) is 0 Å². The highest BCUT2D eigenvalue weighted by Crippen LogP contribution is 2.25. The number of aryl methyl sites for hydroxylation is 1. The largest absolute Gasteiger partial charge is 0.305 e. The van der Waals surface area contributed by atoms with E-state index in [-0.39, 0.29) is 5.41 Å². The second kappa shape index (κ2) is 5.75. The molecule has 2 heterocycles. The van der Waals surface area contributed by atoms with E-state index in [2.05, 4.69) is 46.4 Å². The number of aromatic nitrogens is 3.